The van der Waals surface area contributed by atoms with Crippen molar-refractivity contribution in [2.75, 3.05) is 9.80 Å². The van der Waals surface area contributed by atoms with Crippen LogP contribution >= 0.6 is 0 Å². The van der Waals surface area contributed by atoms with Crippen LogP contribution in [-0.4, -0.2) is 11.7 Å². The van der Waals surface area contributed by atoms with Crippen LogP contribution in [0.4, 0.5) is 34.3 Å². The molecule has 4 heterocycles. The second kappa shape index (κ2) is 12.4. The van der Waals surface area contributed by atoms with Gasteiger partial charge in [0, 0.05) is 39.0 Å². The third kappa shape index (κ3) is 6.19. The molecule has 0 N–H and O–H groups in total. The summed E-state index contributed by atoms with van der Waals surface area (Å²) in [6.07, 6.45) is 1.11. The van der Waals surface area contributed by atoms with Gasteiger partial charge in [-0.25, -0.2) is 4.98 Å². The van der Waals surface area contributed by atoms with Crippen LogP contribution in [0, 0.1) is 0 Å². The van der Waals surface area contributed by atoms with Gasteiger partial charge in [0.1, 0.15) is 11.4 Å². The van der Waals surface area contributed by atoms with Crippen molar-refractivity contribution in [3.63, 3.8) is 0 Å². The molecular weight excluding hydrogens is 717 g/mol. The van der Waals surface area contributed by atoms with E-state index in [1.807, 2.05) is 0 Å². The predicted octanol–water partition coefficient (Wildman–Crippen LogP) is 13.1. The number of aromatic nitrogens is 1. The Morgan fingerprint density at radius 3 is 1.76 bits per heavy atom. The highest BCUT2D eigenvalue weighted by Gasteiger charge is 2.49. The van der Waals surface area contributed by atoms with E-state index in [4.69, 9.17) is 9.40 Å². The molecule has 304 valence electrons. The Hall–Kier alpha value is -4.77. The molecule has 59 heavy (non-hydrogen) atoms. The fourth-order valence-corrected chi connectivity index (χ4v) is 10.4. The number of fused-ring (bicyclic) bond motifs is 7. The van der Waals surface area contributed by atoms with E-state index in [0.717, 1.165) is 51.6 Å². The van der Waals surface area contributed by atoms with E-state index in [1.165, 1.54) is 50.1 Å². The largest absolute Gasteiger partial charge is 0.468 e. The average molecular weight is 782 g/mol. The fraction of sp³-hybridized carbons (Fsp3) is 0.426. The minimum Gasteiger partial charge on any atom is -0.468 e. The summed E-state index contributed by atoms with van der Waals surface area (Å²) < 4.78 is 7.31. The maximum absolute atomic E-state index is 7.31. The molecule has 6 aromatic rings. The molecule has 2 aliphatic heterocycles. The first-order chi connectivity index (χ1) is 27.3. The summed E-state index contributed by atoms with van der Waals surface area (Å²) in [4.78, 5) is 10.8. The molecule has 4 aromatic carbocycles. The van der Waals surface area contributed by atoms with Crippen molar-refractivity contribution in [2.24, 2.45) is 0 Å². The molecule has 9 rings (SSSR count). The summed E-state index contributed by atoms with van der Waals surface area (Å²) in [5, 5.41) is 1.14. The predicted molar refractivity (Wildman–Crippen MR) is 253 cm³/mol. The van der Waals surface area contributed by atoms with Crippen LogP contribution in [0.3, 0.4) is 0 Å². The van der Waals surface area contributed by atoms with Crippen molar-refractivity contribution in [3.8, 4) is 0 Å². The molecule has 0 fully saturated rings. The maximum Gasteiger partial charge on any atom is 0.299 e. The van der Waals surface area contributed by atoms with E-state index in [1.54, 1.807) is 0 Å². The number of hydrogen-bond donors (Lipinski definition) is 0. The van der Waals surface area contributed by atoms with Gasteiger partial charge in [-0.1, -0.05) is 147 Å². The SMILES string of the molecule is CC(C)(C)c1ccc(N2c3ccc(C(C)(C)C)cc3B3c4oc5ccc(C(C)(C)C)cc5c4N(c4ccc5c(c4)C(C)(C)CC5(C)C)c4nc(C(C)(C)C)cc2c43)cc1. The van der Waals surface area contributed by atoms with E-state index in [-0.39, 0.29) is 39.2 Å². The normalized spacial score (nSPS) is 16.9. The molecule has 0 saturated carbocycles. The van der Waals surface area contributed by atoms with Crippen molar-refractivity contribution >= 4 is 68.5 Å². The summed E-state index contributed by atoms with van der Waals surface area (Å²) in [5.41, 5.74) is 17.8. The summed E-state index contributed by atoms with van der Waals surface area (Å²) >= 11 is 0. The molecular formula is C54H64BN3O. The van der Waals surface area contributed by atoms with Crippen LogP contribution < -0.4 is 26.4 Å². The van der Waals surface area contributed by atoms with E-state index < -0.39 is 0 Å². The van der Waals surface area contributed by atoms with Gasteiger partial charge in [-0.3, -0.25) is 4.90 Å². The van der Waals surface area contributed by atoms with Gasteiger partial charge in [-0.05, 0) is 115 Å². The molecule has 4 nitrogen and oxygen atoms in total. The zero-order valence-electron chi connectivity index (χ0n) is 38.6. The number of benzene rings is 4. The lowest BCUT2D eigenvalue weighted by Crippen LogP contribution is -2.61. The lowest BCUT2D eigenvalue weighted by atomic mass is 9.35. The summed E-state index contributed by atoms with van der Waals surface area (Å²) in [7, 11) is 0. The first-order valence-electron chi connectivity index (χ1n) is 21.9. The van der Waals surface area contributed by atoms with Crippen molar-refractivity contribution in [3.05, 3.63) is 118 Å². The molecule has 0 bridgehead atoms. The number of rotatable bonds is 2. The van der Waals surface area contributed by atoms with Gasteiger partial charge in [-0.15, -0.1) is 0 Å². The van der Waals surface area contributed by atoms with Gasteiger partial charge >= 0.3 is 0 Å². The Bertz CT molecular complexity index is 2690. The summed E-state index contributed by atoms with van der Waals surface area (Å²) in [5.74, 6) is 0.993. The van der Waals surface area contributed by atoms with Gasteiger partial charge in [0.2, 0.25) is 0 Å². The molecule has 5 heteroatoms. The quantitative estimate of drug-likeness (QED) is 0.164. The smallest absolute Gasteiger partial charge is 0.299 e. The van der Waals surface area contributed by atoms with Crippen molar-refractivity contribution < 1.29 is 4.42 Å². The lowest BCUT2D eigenvalue weighted by molar-refractivity contribution is 0.403. The third-order valence-corrected chi connectivity index (χ3v) is 13.6. The summed E-state index contributed by atoms with van der Waals surface area (Å²) in [6.45, 7) is 37.1. The number of anilines is 6. The fourth-order valence-electron chi connectivity index (χ4n) is 10.4. The first-order valence-corrected chi connectivity index (χ1v) is 21.9. The lowest BCUT2D eigenvalue weighted by Gasteiger charge is -2.43. The Balaban J connectivity index is 1.43. The van der Waals surface area contributed by atoms with Gasteiger partial charge in [-0.2, -0.15) is 0 Å². The minimum atomic E-state index is -0.215. The van der Waals surface area contributed by atoms with Crippen molar-refractivity contribution in [1.82, 2.24) is 4.98 Å². The Labute approximate surface area is 354 Å². The zero-order valence-corrected chi connectivity index (χ0v) is 38.6. The van der Waals surface area contributed by atoms with Crippen LogP contribution in [0.1, 0.15) is 151 Å². The summed E-state index contributed by atoms with van der Waals surface area (Å²) in [6, 6.07) is 32.9. The topological polar surface area (TPSA) is 32.5 Å². The standard InChI is InChI=1S/C54H64BN3O/c1-49(2,3)32-17-21-35(22-18-32)57-41-25-19-34(51(7,8)9)28-40(41)55-45-42(57)30-44(52(10,11)12)56-48(45)58(36-23-24-38-39(29-36)54(15,16)31-53(38,13)14)46-37-27-33(50(4,5)6)20-26-43(37)59-47(46)55/h17-30H,31H2,1-16H3. The van der Waals surface area contributed by atoms with Gasteiger partial charge in [0.05, 0.1) is 17.0 Å². The number of hydrogen-bond acceptors (Lipinski definition) is 4. The molecule has 3 aliphatic rings. The zero-order chi connectivity index (χ0) is 42.6. The maximum atomic E-state index is 7.31. The Kier molecular flexibility index (Phi) is 8.34. The number of furan rings is 1. The highest BCUT2D eigenvalue weighted by atomic mass is 16.3. The number of pyridine rings is 1. The molecule has 0 amide bonds. The highest BCUT2D eigenvalue weighted by Crippen LogP contribution is 2.53. The third-order valence-electron chi connectivity index (χ3n) is 13.6. The minimum absolute atomic E-state index is 0.0340. The highest BCUT2D eigenvalue weighted by molar-refractivity contribution is 6.99. The molecule has 0 radical (unpaired) electrons. The van der Waals surface area contributed by atoms with Gasteiger partial charge < -0.3 is 9.32 Å². The van der Waals surface area contributed by atoms with Crippen LogP contribution in [0.15, 0.2) is 89.3 Å². The van der Waals surface area contributed by atoms with E-state index in [9.17, 15) is 0 Å². The average Bonchev–Trinajstić information content (AvgIpc) is 3.59. The molecule has 0 spiro atoms. The molecule has 2 aromatic heterocycles. The molecule has 0 unspecified atom stereocenters. The molecule has 0 atom stereocenters. The van der Waals surface area contributed by atoms with Crippen molar-refractivity contribution in [1.29, 1.82) is 0 Å². The van der Waals surface area contributed by atoms with Crippen LogP contribution in [0.2, 0.25) is 0 Å². The Morgan fingerprint density at radius 2 is 1.14 bits per heavy atom. The Morgan fingerprint density at radius 1 is 0.559 bits per heavy atom. The van der Waals surface area contributed by atoms with Crippen LogP contribution in [0.25, 0.3) is 11.0 Å². The molecule has 0 saturated heterocycles. The van der Waals surface area contributed by atoms with E-state index in [2.05, 4.69) is 206 Å². The second-order valence-corrected chi connectivity index (χ2v) is 23.4. The monoisotopic (exact) mass is 782 g/mol. The van der Waals surface area contributed by atoms with Crippen molar-refractivity contribution in [2.45, 2.75) is 150 Å². The van der Waals surface area contributed by atoms with Crippen LogP contribution in [-0.2, 0) is 32.5 Å². The van der Waals surface area contributed by atoms with Gasteiger partial charge in [0.25, 0.3) is 6.71 Å². The second-order valence-electron chi connectivity index (χ2n) is 23.4. The van der Waals surface area contributed by atoms with Gasteiger partial charge in [0.15, 0.2) is 0 Å². The first kappa shape index (κ1) is 39.7. The van der Waals surface area contributed by atoms with Crippen LogP contribution in [0.5, 0.6) is 0 Å². The van der Waals surface area contributed by atoms with E-state index in [0.29, 0.717) is 0 Å². The molecule has 1 aliphatic carbocycles. The number of nitrogens with zero attached hydrogens (tertiary/aromatic N) is 3. The van der Waals surface area contributed by atoms with E-state index >= 15 is 0 Å².